The van der Waals surface area contributed by atoms with Crippen molar-refractivity contribution < 1.29 is 9.53 Å². The van der Waals surface area contributed by atoms with Gasteiger partial charge in [-0.15, -0.1) is 0 Å². The van der Waals surface area contributed by atoms with Crippen LogP contribution in [0.2, 0.25) is 0 Å². The van der Waals surface area contributed by atoms with Crippen LogP contribution in [0.25, 0.3) is 22.3 Å². The first-order chi connectivity index (χ1) is 20.4. The van der Waals surface area contributed by atoms with Crippen molar-refractivity contribution in [3.63, 3.8) is 0 Å². The highest BCUT2D eigenvalue weighted by Crippen LogP contribution is 2.29. The molecule has 5 heterocycles. The Hall–Kier alpha value is -4.20. The number of hydrogen-bond acceptors (Lipinski definition) is 10. The van der Waals surface area contributed by atoms with Gasteiger partial charge in [0.15, 0.2) is 10.8 Å². The summed E-state index contributed by atoms with van der Waals surface area (Å²) in [6.45, 7) is 10.9. The fourth-order valence-corrected chi connectivity index (χ4v) is 5.52. The minimum atomic E-state index is 0.0318. The average Bonchev–Trinajstić information content (AvgIpc) is 3.46. The highest BCUT2D eigenvalue weighted by Gasteiger charge is 2.23. The van der Waals surface area contributed by atoms with Crippen LogP contribution in [0, 0.1) is 6.92 Å². The Bertz CT molecular complexity index is 1610. The second-order valence-corrected chi connectivity index (χ2v) is 10.8. The van der Waals surface area contributed by atoms with E-state index in [9.17, 15) is 4.79 Å². The summed E-state index contributed by atoms with van der Waals surface area (Å²) < 4.78 is 7.37. The number of anilines is 3. The number of carbonyl (C=O) groups is 1. The van der Waals surface area contributed by atoms with Gasteiger partial charge in [-0.3, -0.25) is 9.36 Å². The molecule has 6 rings (SSSR count). The maximum atomic E-state index is 13.3. The lowest BCUT2D eigenvalue weighted by atomic mass is 10.1. The summed E-state index contributed by atoms with van der Waals surface area (Å²) in [7, 11) is 0. The predicted molar refractivity (Wildman–Crippen MR) is 167 cm³/mol. The number of amides is 1. The number of carbonyl (C=O) groups excluding carboxylic acids is 1. The van der Waals surface area contributed by atoms with Gasteiger partial charge in [0.25, 0.3) is 5.91 Å². The second kappa shape index (κ2) is 12.0. The Balaban J connectivity index is 1.31. The number of likely N-dealkylation sites (N-methyl/N-ethyl adjacent to an activating group) is 1. The number of fused-ring (bicyclic) bond motifs is 1. The predicted octanol–water partition coefficient (Wildman–Crippen LogP) is 2.64. The molecule has 3 N–H and O–H groups in total. The molecule has 13 heteroatoms. The zero-order valence-electron chi connectivity index (χ0n) is 23.8. The van der Waals surface area contributed by atoms with Gasteiger partial charge < -0.3 is 30.5 Å². The maximum absolute atomic E-state index is 13.3. The largest absolute Gasteiger partial charge is 0.378 e. The van der Waals surface area contributed by atoms with Gasteiger partial charge in [0.05, 0.1) is 18.9 Å². The molecule has 2 aliphatic heterocycles. The van der Waals surface area contributed by atoms with Crippen molar-refractivity contribution in [3.05, 3.63) is 54.0 Å². The first kappa shape index (κ1) is 27.9. The summed E-state index contributed by atoms with van der Waals surface area (Å²) in [6, 6.07) is 7.64. The van der Waals surface area contributed by atoms with E-state index in [4.69, 9.17) is 32.7 Å². The fourth-order valence-electron chi connectivity index (χ4n) is 5.27. The molecule has 0 aliphatic carbocycles. The molecule has 2 saturated heterocycles. The van der Waals surface area contributed by atoms with E-state index in [2.05, 4.69) is 32.0 Å². The lowest BCUT2D eigenvalue weighted by Gasteiger charge is -2.34. The standard InChI is InChI=1S/C29H34N10O2S/c1-3-36-8-10-37(11-9-36)26(40)20-5-4-19(2)23(16-20)33-29(42)39-7-6-22-24(21-17-31-27(30)32-18-21)34-28(35-25(22)39)38-12-14-41-15-13-38/h4-7,16-18H,3,8-15H2,1-2H3,(H,33,42)(H2,30,31,32). The number of morpholine rings is 1. The third-order valence-corrected chi connectivity index (χ3v) is 8.12. The van der Waals surface area contributed by atoms with Crippen molar-refractivity contribution in [2.75, 3.05) is 75.0 Å². The Labute approximate surface area is 249 Å². The summed E-state index contributed by atoms with van der Waals surface area (Å²) in [5, 5.41) is 4.60. The Morgan fingerprint density at radius 2 is 1.79 bits per heavy atom. The van der Waals surface area contributed by atoms with Crippen LogP contribution in [0.15, 0.2) is 42.9 Å². The molecule has 42 heavy (non-hydrogen) atoms. The van der Waals surface area contributed by atoms with Gasteiger partial charge in [-0.05, 0) is 49.4 Å². The number of nitrogens with two attached hydrogens (primary N) is 1. The van der Waals surface area contributed by atoms with E-state index < -0.39 is 0 Å². The summed E-state index contributed by atoms with van der Waals surface area (Å²) in [6.07, 6.45) is 5.20. The molecule has 0 saturated carbocycles. The van der Waals surface area contributed by atoms with Crippen molar-refractivity contribution in [3.8, 4) is 11.3 Å². The highest BCUT2D eigenvalue weighted by atomic mass is 32.1. The zero-order chi connectivity index (χ0) is 29.2. The molecule has 0 radical (unpaired) electrons. The number of nitrogen functional groups attached to an aromatic ring is 1. The SMILES string of the molecule is CCN1CCN(C(=O)c2ccc(C)c(NC(=S)n3ccc4c(-c5cnc(N)nc5)nc(N5CCOCC5)nc43)c2)CC1. The van der Waals surface area contributed by atoms with Gasteiger partial charge in [-0.2, -0.15) is 4.98 Å². The Kier molecular flexibility index (Phi) is 7.96. The molecular formula is C29H34N10O2S. The van der Waals surface area contributed by atoms with Gasteiger partial charge in [0.1, 0.15) is 0 Å². The average molecular weight is 587 g/mol. The van der Waals surface area contributed by atoms with E-state index in [0.717, 1.165) is 54.9 Å². The minimum absolute atomic E-state index is 0.0318. The van der Waals surface area contributed by atoms with Crippen LogP contribution in [-0.2, 0) is 4.74 Å². The molecule has 2 aliphatic rings. The number of ether oxygens (including phenoxy) is 1. The molecule has 3 aromatic heterocycles. The number of piperazine rings is 1. The van der Waals surface area contributed by atoms with E-state index in [1.165, 1.54) is 0 Å². The van der Waals surface area contributed by atoms with Crippen molar-refractivity contribution in [2.24, 2.45) is 0 Å². The van der Waals surface area contributed by atoms with E-state index in [0.29, 0.717) is 54.3 Å². The molecule has 1 amide bonds. The van der Waals surface area contributed by atoms with E-state index in [1.54, 1.807) is 12.4 Å². The molecule has 2 fully saturated rings. The van der Waals surface area contributed by atoms with Crippen LogP contribution >= 0.6 is 12.2 Å². The smallest absolute Gasteiger partial charge is 0.254 e. The van der Waals surface area contributed by atoms with Crippen LogP contribution in [0.5, 0.6) is 0 Å². The first-order valence-electron chi connectivity index (χ1n) is 14.1. The van der Waals surface area contributed by atoms with Crippen molar-refractivity contribution in [1.29, 1.82) is 0 Å². The molecule has 0 spiro atoms. The second-order valence-electron chi connectivity index (χ2n) is 10.4. The van der Waals surface area contributed by atoms with Gasteiger partial charge in [0.2, 0.25) is 11.9 Å². The number of aryl methyl sites for hydroxylation is 1. The number of aromatic nitrogens is 5. The topological polar surface area (TPSA) is 131 Å². The number of rotatable bonds is 5. The summed E-state index contributed by atoms with van der Waals surface area (Å²) in [4.78, 5) is 37.9. The van der Waals surface area contributed by atoms with Crippen LogP contribution in [0.3, 0.4) is 0 Å². The molecule has 0 atom stereocenters. The first-order valence-corrected chi connectivity index (χ1v) is 14.6. The van der Waals surface area contributed by atoms with Crippen molar-refractivity contribution >= 4 is 51.9 Å². The van der Waals surface area contributed by atoms with Gasteiger partial charge in [0, 0.05) is 80.1 Å². The molecule has 12 nitrogen and oxygen atoms in total. The zero-order valence-corrected chi connectivity index (χ0v) is 24.6. The molecular weight excluding hydrogens is 552 g/mol. The normalized spacial score (nSPS) is 16.1. The lowest BCUT2D eigenvalue weighted by Crippen LogP contribution is -2.48. The number of nitrogens with one attached hydrogen (secondary N) is 1. The van der Waals surface area contributed by atoms with Crippen LogP contribution < -0.4 is 16.0 Å². The van der Waals surface area contributed by atoms with Crippen LogP contribution in [0.1, 0.15) is 22.8 Å². The third-order valence-electron chi connectivity index (χ3n) is 7.82. The van der Waals surface area contributed by atoms with Crippen LogP contribution in [0.4, 0.5) is 17.6 Å². The quantitative estimate of drug-likeness (QED) is 0.335. The van der Waals surface area contributed by atoms with Crippen LogP contribution in [-0.4, -0.2) is 104 Å². The Morgan fingerprint density at radius 3 is 2.50 bits per heavy atom. The van der Waals surface area contributed by atoms with Crippen molar-refractivity contribution in [1.82, 2.24) is 34.3 Å². The number of nitrogens with zero attached hydrogens (tertiary/aromatic N) is 8. The molecule has 0 unspecified atom stereocenters. The summed E-state index contributed by atoms with van der Waals surface area (Å²) in [5.74, 6) is 0.802. The monoisotopic (exact) mass is 586 g/mol. The number of thiocarbonyl (C=S) groups is 1. The van der Waals surface area contributed by atoms with Crippen molar-refractivity contribution in [2.45, 2.75) is 13.8 Å². The Morgan fingerprint density at radius 1 is 1.05 bits per heavy atom. The van der Waals surface area contributed by atoms with Gasteiger partial charge >= 0.3 is 0 Å². The number of hydrogen-bond donors (Lipinski definition) is 2. The van der Waals surface area contributed by atoms with Gasteiger partial charge in [-0.1, -0.05) is 13.0 Å². The highest BCUT2D eigenvalue weighted by molar-refractivity contribution is 7.80. The minimum Gasteiger partial charge on any atom is -0.378 e. The summed E-state index contributed by atoms with van der Waals surface area (Å²) in [5.41, 5.74) is 10.2. The molecule has 218 valence electrons. The number of benzene rings is 1. The maximum Gasteiger partial charge on any atom is 0.254 e. The van der Waals surface area contributed by atoms with E-state index in [1.807, 2.05) is 46.9 Å². The third kappa shape index (κ3) is 5.62. The van der Waals surface area contributed by atoms with Gasteiger partial charge in [-0.25, -0.2) is 15.0 Å². The summed E-state index contributed by atoms with van der Waals surface area (Å²) >= 11 is 5.90. The molecule has 1 aromatic carbocycles. The lowest BCUT2D eigenvalue weighted by molar-refractivity contribution is 0.0643. The molecule has 0 bridgehead atoms. The molecule has 4 aromatic rings. The fraction of sp³-hybridized carbons (Fsp3) is 0.379. The van der Waals surface area contributed by atoms with E-state index in [-0.39, 0.29) is 11.9 Å². The van der Waals surface area contributed by atoms with E-state index >= 15 is 0 Å².